The maximum Gasteiger partial charge on any atom is 0.108 e. The van der Waals surface area contributed by atoms with Gasteiger partial charge in [0.2, 0.25) is 0 Å². The molecule has 0 radical (unpaired) electrons. The molecule has 0 saturated carbocycles. The number of fused-ring (bicyclic) bond motifs is 2. The highest BCUT2D eigenvalue weighted by Crippen LogP contribution is 2.40. The molecule has 2 heterocycles. The molecule has 1 saturated heterocycles. The number of allylic oxidation sites excluding steroid dienone is 6. The predicted molar refractivity (Wildman–Crippen MR) is 212 cm³/mol. The van der Waals surface area contributed by atoms with Crippen LogP contribution in [-0.4, -0.2) is 30.5 Å². The zero-order valence-corrected chi connectivity index (χ0v) is 28.2. The minimum Gasteiger partial charge on any atom is -0.366 e. The summed E-state index contributed by atoms with van der Waals surface area (Å²) >= 11 is 0. The summed E-state index contributed by atoms with van der Waals surface area (Å²) in [5, 5.41) is 16.9. The van der Waals surface area contributed by atoms with Gasteiger partial charge in [-0.15, -0.1) is 0 Å². The largest absolute Gasteiger partial charge is 0.366 e. The molecule has 2 N–H and O–H groups in total. The lowest BCUT2D eigenvalue weighted by Crippen LogP contribution is -2.29. The minimum absolute atomic E-state index is 0.257. The number of hydrogen-bond acceptors (Lipinski definition) is 5. The molecule has 2 unspecified atom stereocenters. The van der Waals surface area contributed by atoms with Crippen LogP contribution in [0, 0.1) is 11.3 Å². The summed E-state index contributed by atoms with van der Waals surface area (Å²) in [6.45, 7) is 5.54. The molecular formula is C46H37N5. The second-order valence-corrected chi connectivity index (χ2v) is 12.9. The first kappa shape index (κ1) is 31.8. The van der Waals surface area contributed by atoms with Gasteiger partial charge in [-0.1, -0.05) is 134 Å². The highest BCUT2D eigenvalue weighted by atomic mass is 15.2. The maximum absolute atomic E-state index is 9.59. The van der Waals surface area contributed by atoms with Crippen LogP contribution >= 0.6 is 0 Å². The van der Waals surface area contributed by atoms with E-state index >= 15 is 0 Å². The van der Waals surface area contributed by atoms with Gasteiger partial charge in [0, 0.05) is 34.7 Å². The van der Waals surface area contributed by atoms with Crippen molar-refractivity contribution < 1.29 is 0 Å². The monoisotopic (exact) mass is 659 g/mol. The number of aliphatic imine (C=N–C) groups is 1. The first-order valence-electron chi connectivity index (χ1n) is 17.2. The van der Waals surface area contributed by atoms with E-state index in [1.54, 1.807) is 0 Å². The molecule has 0 aromatic heterocycles. The van der Waals surface area contributed by atoms with Crippen LogP contribution in [0.5, 0.6) is 0 Å². The molecule has 3 aliphatic rings. The van der Waals surface area contributed by atoms with Gasteiger partial charge in [0.05, 0.1) is 28.9 Å². The summed E-state index contributed by atoms with van der Waals surface area (Å²) in [6.07, 6.45) is 16.9. The van der Waals surface area contributed by atoms with Gasteiger partial charge < -0.3 is 10.2 Å². The fourth-order valence-electron chi connectivity index (χ4n) is 7.04. The quantitative estimate of drug-likeness (QED) is 0.129. The van der Waals surface area contributed by atoms with Gasteiger partial charge in [-0.2, -0.15) is 5.26 Å². The zero-order chi connectivity index (χ0) is 34.6. The SMILES string of the molecule is C=C1/C=C\C=C/CN(c2cccc(C#N)c2)c2ccc(-c3ccc(NCN=C(c4ccccc4)C45C=CC=CC4N5)c(-c4ccccc4)c3)cc21. The third-order valence-electron chi connectivity index (χ3n) is 9.71. The number of benzene rings is 5. The van der Waals surface area contributed by atoms with Crippen molar-refractivity contribution in [2.75, 3.05) is 23.4 Å². The molecule has 5 aromatic carbocycles. The average molecular weight is 660 g/mol. The van der Waals surface area contributed by atoms with E-state index in [0.29, 0.717) is 18.8 Å². The second-order valence-electron chi connectivity index (χ2n) is 12.9. The first-order chi connectivity index (χ1) is 25.1. The molecule has 0 bridgehead atoms. The highest BCUT2D eigenvalue weighted by Gasteiger charge is 2.55. The summed E-state index contributed by atoms with van der Waals surface area (Å²) in [5.41, 5.74) is 11.9. The average Bonchev–Trinajstić information content (AvgIpc) is 3.93. The van der Waals surface area contributed by atoms with E-state index in [2.05, 4.69) is 150 Å². The van der Waals surface area contributed by atoms with E-state index in [0.717, 1.165) is 61.7 Å². The number of hydrogen-bond donors (Lipinski definition) is 2. The van der Waals surface area contributed by atoms with E-state index in [9.17, 15) is 5.26 Å². The Morgan fingerprint density at radius 2 is 1.61 bits per heavy atom. The Labute approximate surface area is 299 Å². The molecule has 1 fully saturated rings. The van der Waals surface area contributed by atoms with Gasteiger partial charge in [0.15, 0.2) is 0 Å². The lowest BCUT2D eigenvalue weighted by Gasteiger charge is -2.27. The molecule has 0 spiro atoms. The Bertz CT molecular complexity index is 2310. The van der Waals surface area contributed by atoms with E-state index in [-0.39, 0.29) is 11.6 Å². The Morgan fingerprint density at radius 3 is 2.41 bits per heavy atom. The summed E-state index contributed by atoms with van der Waals surface area (Å²) < 4.78 is 0. The molecule has 51 heavy (non-hydrogen) atoms. The van der Waals surface area contributed by atoms with Crippen LogP contribution < -0.4 is 15.5 Å². The van der Waals surface area contributed by atoms with Gasteiger partial charge >= 0.3 is 0 Å². The first-order valence-corrected chi connectivity index (χ1v) is 17.2. The molecule has 8 rings (SSSR count). The second kappa shape index (κ2) is 13.8. The van der Waals surface area contributed by atoms with Crippen LogP contribution in [0.3, 0.4) is 0 Å². The Morgan fingerprint density at radius 1 is 0.824 bits per heavy atom. The van der Waals surface area contributed by atoms with Crippen molar-refractivity contribution in [3.05, 3.63) is 193 Å². The van der Waals surface area contributed by atoms with Crippen LogP contribution in [0.15, 0.2) is 182 Å². The molecule has 1 aliphatic carbocycles. The van der Waals surface area contributed by atoms with E-state index < -0.39 is 0 Å². The minimum atomic E-state index is -0.267. The van der Waals surface area contributed by atoms with Crippen LogP contribution in [0.25, 0.3) is 27.8 Å². The number of anilines is 3. The molecular weight excluding hydrogens is 623 g/mol. The zero-order valence-electron chi connectivity index (χ0n) is 28.2. The lowest BCUT2D eigenvalue weighted by molar-refractivity contribution is 0.993. The normalized spacial score (nSPS) is 20.2. The fourth-order valence-corrected chi connectivity index (χ4v) is 7.04. The third-order valence-corrected chi connectivity index (χ3v) is 9.71. The number of rotatable bonds is 8. The molecule has 246 valence electrons. The maximum atomic E-state index is 9.59. The third kappa shape index (κ3) is 6.37. The van der Waals surface area contributed by atoms with Gasteiger partial charge in [-0.3, -0.25) is 10.3 Å². The fraction of sp³-hybridized carbons (Fsp3) is 0.0870. The van der Waals surface area contributed by atoms with E-state index in [1.807, 2.05) is 48.6 Å². The summed E-state index contributed by atoms with van der Waals surface area (Å²) in [6, 6.07) is 44.4. The van der Waals surface area contributed by atoms with Gasteiger partial charge in [0.1, 0.15) is 6.67 Å². The highest BCUT2D eigenvalue weighted by molar-refractivity contribution is 6.12. The Balaban J connectivity index is 1.15. The summed E-state index contributed by atoms with van der Waals surface area (Å²) in [7, 11) is 0. The van der Waals surface area contributed by atoms with Crippen LogP contribution in [0.2, 0.25) is 0 Å². The van der Waals surface area contributed by atoms with Gasteiger partial charge in [0.25, 0.3) is 0 Å². The molecule has 2 aliphatic heterocycles. The number of nitrogens with zero attached hydrogens (tertiary/aromatic N) is 3. The standard InChI is InChI=1S/C46H37N5/c1-33-14-5-4-12-27-51(39-20-13-15-34(28-39)31-47)43-25-23-38(29-40(33)43)37-22-24-42(41(30-37)35-16-6-2-7-17-35)48-32-49-45(36-18-8-3-9-19-36)46-26-11-10-21-44(46)50-46/h2-26,28-30,44,48,50H,1,27,32H2/b12-4-,14-5-,49-45?. The van der Waals surface area contributed by atoms with Crippen molar-refractivity contribution in [3.8, 4) is 28.3 Å². The number of nitrogens with one attached hydrogen (secondary N) is 2. The van der Waals surface area contributed by atoms with Crippen LogP contribution in [0.4, 0.5) is 17.1 Å². The van der Waals surface area contributed by atoms with Crippen molar-refractivity contribution in [1.82, 2.24) is 5.32 Å². The smallest absolute Gasteiger partial charge is 0.108 e. The van der Waals surface area contributed by atoms with Gasteiger partial charge in [-0.25, -0.2) is 0 Å². The Hall–Kier alpha value is -6.48. The van der Waals surface area contributed by atoms with Crippen molar-refractivity contribution in [2.45, 2.75) is 11.6 Å². The van der Waals surface area contributed by atoms with Crippen molar-refractivity contribution in [3.63, 3.8) is 0 Å². The molecule has 2 atom stereocenters. The predicted octanol–water partition coefficient (Wildman–Crippen LogP) is 9.86. The van der Waals surface area contributed by atoms with E-state index in [1.165, 1.54) is 0 Å². The van der Waals surface area contributed by atoms with Crippen molar-refractivity contribution in [2.24, 2.45) is 4.99 Å². The molecule has 5 heteroatoms. The van der Waals surface area contributed by atoms with Gasteiger partial charge in [-0.05, 0) is 70.3 Å². The molecule has 0 amide bonds. The van der Waals surface area contributed by atoms with Crippen LogP contribution in [-0.2, 0) is 0 Å². The molecule has 5 aromatic rings. The topological polar surface area (TPSA) is 73.4 Å². The van der Waals surface area contributed by atoms with E-state index in [4.69, 9.17) is 4.99 Å². The van der Waals surface area contributed by atoms with Crippen LogP contribution in [0.1, 0.15) is 16.7 Å². The van der Waals surface area contributed by atoms with Crippen molar-refractivity contribution in [1.29, 1.82) is 5.26 Å². The lowest BCUT2D eigenvalue weighted by atomic mass is 9.90. The summed E-state index contributed by atoms with van der Waals surface area (Å²) in [4.78, 5) is 7.42. The molecule has 5 nitrogen and oxygen atoms in total. The number of nitriles is 1. The summed E-state index contributed by atoms with van der Waals surface area (Å²) in [5.74, 6) is 0. The Kier molecular flexibility index (Phi) is 8.59. The van der Waals surface area contributed by atoms with Crippen molar-refractivity contribution >= 4 is 28.3 Å².